The number of nitrogens with zero attached hydrogens (tertiary/aromatic N) is 1. The molecule has 0 amide bonds. The summed E-state index contributed by atoms with van der Waals surface area (Å²) in [5, 5.41) is 10.4. The number of aryl methyl sites for hydroxylation is 2. The fourth-order valence-electron chi connectivity index (χ4n) is 10.3. The summed E-state index contributed by atoms with van der Waals surface area (Å²) in [6, 6.07) is 70.7. The molecule has 1 aliphatic carbocycles. The first-order chi connectivity index (χ1) is 29.8. The lowest BCUT2D eigenvalue weighted by Gasteiger charge is -2.28. The van der Waals surface area contributed by atoms with Crippen LogP contribution in [0.3, 0.4) is 0 Å². The van der Waals surface area contributed by atoms with E-state index in [1.807, 2.05) is 11.3 Å². The maximum atomic E-state index is 2.48. The second-order valence-electron chi connectivity index (χ2n) is 17.5. The number of fused-ring (bicyclic) bond motifs is 11. The predicted molar refractivity (Wildman–Crippen MR) is 264 cm³/mol. The Morgan fingerprint density at radius 3 is 1.46 bits per heavy atom. The van der Waals surface area contributed by atoms with E-state index in [0.29, 0.717) is 0 Å². The van der Waals surface area contributed by atoms with Crippen LogP contribution in [0.2, 0.25) is 0 Å². The molecule has 1 heterocycles. The van der Waals surface area contributed by atoms with Gasteiger partial charge < -0.3 is 4.90 Å². The van der Waals surface area contributed by atoms with Gasteiger partial charge in [-0.15, -0.1) is 11.3 Å². The van der Waals surface area contributed by atoms with E-state index in [1.54, 1.807) is 0 Å². The highest BCUT2D eigenvalue weighted by Crippen LogP contribution is 2.52. The zero-order chi connectivity index (χ0) is 41.0. The molecule has 10 aromatic carbocycles. The number of benzene rings is 10. The molecule has 61 heavy (non-hydrogen) atoms. The van der Waals surface area contributed by atoms with Crippen molar-refractivity contribution in [2.75, 3.05) is 4.90 Å². The van der Waals surface area contributed by atoms with E-state index in [0.717, 1.165) is 0 Å². The first-order valence-corrected chi connectivity index (χ1v) is 22.1. The number of hydrogen-bond donors (Lipinski definition) is 0. The lowest BCUT2D eigenvalue weighted by Crippen LogP contribution is -2.16. The zero-order valence-corrected chi connectivity index (χ0v) is 35.6. The maximum Gasteiger partial charge on any atom is 0.0465 e. The molecule has 0 N–H and O–H groups in total. The smallest absolute Gasteiger partial charge is 0.0465 e. The Hall–Kier alpha value is -7.00. The molecule has 0 saturated heterocycles. The van der Waals surface area contributed by atoms with Crippen molar-refractivity contribution in [3.05, 3.63) is 210 Å². The van der Waals surface area contributed by atoms with Gasteiger partial charge in [0.15, 0.2) is 0 Å². The minimum absolute atomic E-state index is 0.204. The van der Waals surface area contributed by atoms with Crippen LogP contribution in [0.4, 0.5) is 17.1 Å². The van der Waals surface area contributed by atoms with E-state index >= 15 is 0 Å². The van der Waals surface area contributed by atoms with E-state index in [1.165, 1.54) is 125 Å². The van der Waals surface area contributed by atoms with Gasteiger partial charge in [-0.1, -0.05) is 129 Å². The average Bonchev–Trinajstić information content (AvgIpc) is 3.76. The highest BCUT2D eigenvalue weighted by Gasteiger charge is 2.36. The molecule has 0 unspecified atom stereocenters. The first kappa shape index (κ1) is 35.9. The van der Waals surface area contributed by atoms with Crippen molar-refractivity contribution in [3.8, 4) is 33.4 Å². The summed E-state index contributed by atoms with van der Waals surface area (Å²) in [6.45, 7) is 9.14. The van der Waals surface area contributed by atoms with Crippen molar-refractivity contribution in [2.45, 2.75) is 33.1 Å². The molecule has 12 rings (SSSR count). The third-order valence-electron chi connectivity index (χ3n) is 13.3. The second-order valence-corrected chi connectivity index (χ2v) is 18.6. The number of rotatable bonds is 5. The van der Waals surface area contributed by atoms with E-state index in [9.17, 15) is 0 Å². The van der Waals surface area contributed by atoms with Crippen LogP contribution in [0.15, 0.2) is 188 Å². The summed E-state index contributed by atoms with van der Waals surface area (Å²) in [4.78, 5) is 2.41. The second kappa shape index (κ2) is 13.5. The molecule has 2 heteroatoms. The van der Waals surface area contributed by atoms with Crippen molar-refractivity contribution in [1.29, 1.82) is 0 Å². The van der Waals surface area contributed by atoms with Crippen molar-refractivity contribution in [3.63, 3.8) is 0 Å². The van der Waals surface area contributed by atoms with Crippen LogP contribution in [0.25, 0.3) is 85.9 Å². The quantitative estimate of drug-likeness (QED) is 0.157. The molecular formula is C59H43NS. The summed E-state index contributed by atoms with van der Waals surface area (Å²) in [5.41, 5.74) is 16.2. The maximum absolute atomic E-state index is 2.48. The van der Waals surface area contributed by atoms with Crippen LogP contribution < -0.4 is 4.90 Å². The molecule has 0 fully saturated rings. The first-order valence-electron chi connectivity index (χ1n) is 21.3. The van der Waals surface area contributed by atoms with Crippen molar-refractivity contribution in [1.82, 2.24) is 0 Å². The molecule has 1 aliphatic rings. The normalized spacial score (nSPS) is 13.0. The summed E-state index contributed by atoms with van der Waals surface area (Å²) in [6.07, 6.45) is 0. The Morgan fingerprint density at radius 1 is 0.344 bits per heavy atom. The van der Waals surface area contributed by atoms with Crippen molar-refractivity contribution < 1.29 is 0 Å². The SMILES string of the molecule is Cc1cccc(N(c2cccc(C)c2)c2ccc3c(c2)C(C)(C)c2cc(-c4cc5c6ccccc6c(-c6ccc7sc8ccccc8c7c6)cc5c5ccccc45)ccc2-3)c1. The van der Waals surface area contributed by atoms with Crippen LogP contribution in [-0.4, -0.2) is 0 Å². The van der Waals surface area contributed by atoms with Gasteiger partial charge >= 0.3 is 0 Å². The number of anilines is 3. The van der Waals surface area contributed by atoms with Crippen LogP contribution >= 0.6 is 11.3 Å². The Morgan fingerprint density at radius 2 is 0.836 bits per heavy atom. The molecule has 0 aliphatic heterocycles. The predicted octanol–water partition coefficient (Wildman–Crippen LogP) is 17.2. The average molecular weight is 798 g/mol. The molecule has 0 bridgehead atoms. The molecular weight excluding hydrogens is 755 g/mol. The van der Waals surface area contributed by atoms with E-state index in [-0.39, 0.29) is 5.41 Å². The van der Waals surface area contributed by atoms with Gasteiger partial charge in [0, 0.05) is 42.6 Å². The lowest BCUT2D eigenvalue weighted by molar-refractivity contribution is 0.660. The Bertz CT molecular complexity index is 3560. The van der Waals surface area contributed by atoms with Crippen molar-refractivity contribution >= 4 is 80.9 Å². The Balaban J connectivity index is 1.01. The van der Waals surface area contributed by atoms with Gasteiger partial charge in [0.25, 0.3) is 0 Å². The van der Waals surface area contributed by atoms with Crippen LogP contribution in [0.1, 0.15) is 36.1 Å². The summed E-state index contributed by atoms with van der Waals surface area (Å²) >= 11 is 1.88. The highest BCUT2D eigenvalue weighted by atomic mass is 32.1. The van der Waals surface area contributed by atoms with Crippen LogP contribution in [0, 0.1) is 13.8 Å². The Labute approximate surface area is 360 Å². The molecule has 1 nitrogen and oxygen atoms in total. The Kier molecular flexibility index (Phi) is 7.95. The van der Waals surface area contributed by atoms with Crippen LogP contribution in [0.5, 0.6) is 0 Å². The van der Waals surface area contributed by atoms with Crippen LogP contribution in [-0.2, 0) is 5.41 Å². The summed E-state index contributed by atoms with van der Waals surface area (Å²) in [7, 11) is 0. The number of thiophene rings is 1. The highest BCUT2D eigenvalue weighted by molar-refractivity contribution is 7.25. The van der Waals surface area contributed by atoms with Gasteiger partial charge in [0.2, 0.25) is 0 Å². The molecule has 1 aromatic heterocycles. The zero-order valence-electron chi connectivity index (χ0n) is 34.8. The molecule has 0 spiro atoms. The van der Waals surface area contributed by atoms with Crippen molar-refractivity contribution in [2.24, 2.45) is 0 Å². The minimum atomic E-state index is -0.204. The fourth-order valence-corrected chi connectivity index (χ4v) is 11.4. The third kappa shape index (κ3) is 5.59. The lowest BCUT2D eigenvalue weighted by atomic mass is 9.81. The van der Waals surface area contributed by atoms with Gasteiger partial charge in [-0.05, 0) is 175 Å². The topological polar surface area (TPSA) is 3.24 Å². The largest absolute Gasteiger partial charge is 0.310 e. The van der Waals surface area contributed by atoms with E-state index in [4.69, 9.17) is 0 Å². The van der Waals surface area contributed by atoms with Gasteiger partial charge in [0.1, 0.15) is 0 Å². The van der Waals surface area contributed by atoms with Gasteiger partial charge in [0.05, 0.1) is 0 Å². The summed E-state index contributed by atoms with van der Waals surface area (Å²) in [5.74, 6) is 0. The molecule has 290 valence electrons. The van der Waals surface area contributed by atoms with Gasteiger partial charge in [-0.3, -0.25) is 0 Å². The minimum Gasteiger partial charge on any atom is -0.310 e. The molecule has 0 atom stereocenters. The number of hydrogen-bond acceptors (Lipinski definition) is 2. The van der Waals surface area contributed by atoms with Gasteiger partial charge in [-0.2, -0.15) is 0 Å². The monoisotopic (exact) mass is 797 g/mol. The fraction of sp³-hybridized carbons (Fsp3) is 0.0847. The third-order valence-corrected chi connectivity index (χ3v) is 14.5. The standard InChI is InChI=1S/C59H43NS/c1-36-13-11-15-40(29-36)60(41-16-12-14-37(2)30-41)42-25-27-48-47-26-23-39(32-55(47)59(3,4)56(48)33-42)51-35-53-45-19-7-5-17-43(45)50(34-52(53)46-20-8-6-18-44(46)51)38-24-28-58-54(31-38)49-21-9-10-22-57(49)61-58/h5-35H,1-4H3. The molecule has 0 saturated carbocycles. The van der Waals surface area contributed by atoms with E-state index in [2.05, 4.69) is 221 Å². The molecule has 11 aromatic rings. The van der Waals surface area contributed by atoms with Gasteiger partial charge in [-0.25, -0.2) is 0 Å². The summed E-state index contributed by atoms with van der Waals surface area (Å²) < 4.78 is 2.67. The van der Waals surface area contributed by atoms with E-state index < -0.39 is 0 Å². The molecule has 0 radical (unpaired) electrons.